The molecule has 1 atom stereocenters. The zero-order valence-corrected chi connectivity index (χ0v) is 20.7. The summed E-state index contributed by atoms with van der Waals surface area (Å²) in [4.78, 5) is 39.3. The molecule has 184 valence electrons. The Labute approximate surface area is 200 Å². The quantitative estimate of drug-likeness (QED) is 0.523. The molecule has 1 aromatic heterocycles. The number of benzene rings is 2. The molecule has 35 heavy (non-hydrogen) atoms. The van der Waals surface area contributed by atoms with Crippen molar-refractivity contribution >= 4 is 30.8 Å². The fraction of sp³-hybridized carbons (Fsp3) is 0.292. The number of methoxy groups -OCH3 is 1. The van der Waals surface area contributed by atoms with Crippen LogP contribution in [0.1, 0.15) is 27.7 Å². The Kier molecular flexibility index (Phi) is 6.37. The van der Waals surface area contributed by atoms with Gasteiger partial charge < -0.3 is 19.5 Å². The summed E-state index contributed by atoms with van der Waals surface area (Å²) in [5.74, 6) is -2.45. The number of carbonyl (C=O) groups excluding carboxylic acids is 2. The Morgan fingerprint density at radius 2 is 1.83 bits per heavy atom. The Bertz CT molecular complexity index is 1340. The van der Waals surface area contributed by atoms with Crippen LogP contribution in [0.3, 0.4) is 0 Å². The number of nitrogens with one attached hydrogen (secondary N) is 2. The van der Waals surface area contributed by atoms with Gasteiger partial charge in [0.1, 0.15) is 23.4 Å². The fourth-order valence-electron chi connectivity index (χ4n) is 4.33. The zero-order valence-electron chi connectivity index (χ0n) is 19.7. The molecule has 0 saturated carbocycles. The third-order valence-corrected chi connectivity index (χ3v) is 7.86. The monoisotopic (exact) mass is 501 g/mol. The Hall–Kier alpha value is -3.73. The number of aromatic amines is 1. The summed E-state index contributed by atoms with van der Waals surface area (Å²) in [5, 5.41) is 4.66. The van der Waals surface area contributed by atoms with E-state index in [-0.39, 0.29) is 23.2 Å². The zero-order chi connectivity index (χ0) is 25.5. The number of aromatic nitrogens is 1. The van der Waals surface area contributed by atoms with Gasteiger partial charge in [-0.1, -0.05) is 25.7 Å². The van der Waals surface area contributed by atoms with Crippen molar-refractivity contribution < 1.29 is 27.6 Å². The third-order valence-electron chi connectivity index (χ3n) is 5.88. The number of carbonyl (C=O) groups is 2. The second-order valence-electron chi connectivity index (χ2n) is 9.35. The Morgan fingerprint density at radius 3 is 2.40 bits per heavy atom. The predicted molar refractivity (Wildman–Crippen MR) is 128 cm³/mol. The summed E-state index contributed by atoms with van der Waals surface area (Å²) in [7, 11) is -0.782. The minimum atomic E-state index is -2.30. The first-order valence-electron chi connectivity index (χ1n) is 11.0. The number of hydrogen-bond donors (Lipinski definition) is 2. The van der Waals surface area contributed by atoms with E-state index < -0.39 is 43.1 Å². The molecule has 3 aromatic rings. The predicted octanol–water partition coefficient (Wildman–Crippen LogP) is 3.18. The van der Waals surface area contributed by atoms with Gasteiger partial charge in [-0.05, 0) is 41.8 Å². The van der Waals surface area contributed by atoms with E-state index in [9.17, 15) is 23.2 Å². The van der Waals surface area contributed by atoms with Gasteiger partial charge in [-0.3, -0.25) is 14.4 Å². The largest absolute Gasteiger partial charge is 0.497 e. The highest BCUT2D eigenvalue weighted by Gasteiger charge is 2.38. The van der Waals surface area contributed by atoms with Gasteiger partial charge in [-0.25, -0.2) is 8.78 Å². The van der Waals surface area contributed by atoms with Gasteiger partial charge in [0.2, 0.25) is 5.76 Å². The molecule has 0 aliphatic carbocycles. The first kappa shape index (κ1) is 24.4. The molecule has 11 heteroatoms. The average Bonchev–Trinajstić information content (AvgIpc) is 3.22. The van der Waals surface area contributed by atoms with Crippen molar-refractivity contribution in [2.45, 2.75) is 32.1 Å². The van der Waals surface area contributed by atoms with E-state index in [0.717, 1.165) is 23.8 Å². The summed E-state index contributed by atoms with van der Waals surface area (Å²) >= 11 is 0. The van der Waals surface area contributed by atoms with Crippen LogP contribution >= 0.6 is 0 Å². The number of hydrogen-bond acceptors (Lipinski definition) is 5. The molecule has 2 aromatic carbocycles. The maximum absolute atomic E-state index is 14.8. The van der Waals surface area contributed by atoms with Crippen molar-refractivity contribution in [3.05, 3.63) is 75.3 Å². The molecule has 0 radical (unpaired) electrons. The Morgan fingerprint density at radius 1 is 1.14 bits per heavy atom. The number of halogens is 2. The number of amides is 2. The van der Waals surface area contributed by atoms with Crippen LogP contribution in [0.25, 0.3) is 0 Å². The fourth-order valence-corrected chi connectivity index (χ4v) is 5.91. The minimum Gasteiger partial charge on any atom is -0.497 e. The SMILES string of the molecule is COc1ccc2c(c1)CCN(C(=O)c1cc(=O)[nH]o1)[C@H]2C(=O)Nc1cc(F)c([Si](C)(C)C)c(F)c1. The van der Waals surface area contributed by atoms with Gasteiger partial charge >= 0.3 is 0 Å². The summed E-state index contributed by atoms with van der Waals surface area (Å²) in [5.41, 5.74) is 0.661. The molecule has 0 spiro atoms. The van der Waals surface area contributed by atoms with Gasteiger partial charge in [0.05, 0.1) is 21.3 Å². The van der Waals surface area contributed by atoms with Crippen molar-refractivity contribution in [3.8, 4) is 5.75 Å². The van der Waals surface area contributed by atoms with Crippen LogP contribution in [0.2, 0.25) is 19.6 Å². The molecule has 2 amide bonds. The highest BCUT2D eigenvalue weighted by Crippen LogP contribution is 2.34. The first-order valence-corrected chi connectivity index (χ1v) is 14.5. The molecular formula is C24H25F2N3O5Si. The van der Waals surface area contributed by atoms with Crippen LogP contribution in [0, 0.1) is 11.6 Å². The van der Waals surface area contributed by atoms with Gasteiger partial charge in [0.15, 0.2) is 0 Å². The second kappa shape index (κ2) is 9.14. The maximum atomic E-state index is 14.8. The molecule has 0 fully saturated rings. The molecule has 0 unspecified atom stereocenters. The summed E-state index contributed by atoms with van der Waals surface area (Å²) < 4.78 is 39.8. The minimum absolute atomic E-state index is 0.0462. The van der Waals surface area contributed by atoms with E-state index in [2.05, 4.69) is 10.5 Å². The van der Waals surface area contributed by atoms with E-state index in [1.807, 2.05) is 19.6 Å². The lowest BCUT2D eigenvalue weighted by atomic mass is 9.91. The smallest absolute Gasteiger partial charge is 0.293 e. The average molecular weight is 502 g/mol. The highest BCUT2D eigenvalue weighted by molar-refractivity contribution is 6.88. The van der Waals surface area contributed by atoms with Gasteiger partial charge in [-0.2, -0.15) is 5.16 Å². The first-order chi connectivity index (χ1) is 16.5. The van der Waals surface area contributed by atoms with Crippen molar-refractivity contribution in [1.82, 2.24) is 10.1 Å². The summed E-state index contributed by atoms with van der Waals surface area (Å²) in [6.07, 6.45) is 0.422. The molecule has 2 heterocycles. The molecule has 2 N–H and O–H groups in total. The second-order valence-corrected chi connectivity index (χ2v) is 14.3. The molecule has 0 bridgehead atoms. The van der Waals surface area contributed by atoms with E-state index in [1.165, 1.54) is 12.0 Å². The summed E-state index contributed by atoms with van der Waals surface area (Å²) in [6.45, 7) is 5.61. The summed E-state index contributed by atoms with van der Waals surface area (Å²) in [6, 6.07) is 7.14. The topological polar surface area (TPSA) is 105 Å². The van der Waals surface area contributed by atoms with Crippen LogP contribution in [0.4, 0.5) is 14.5 Å². The molecule has 1 aliphatic rings. The number of H-pyrrole nitrogens is 1. The van der Waals surface area contributed by atoms with Crippen molar-refractivity contribution in [2.24, 2.45) is 0 Å². The standard InChI is InChI=1S/C24H25F2N3O5Si/c1-33-15-5-6-16-13(9-15)7-8-29(24(32)19-12-20(30)28-34-19)21(16)23(31)27-14-10-17(25)22(18(26)11-14)35(2,3)4/h5-6,9-12,21H,7-8H2,1-4H3,(H,27,31)(H,28,30)/t21-/m1/s1. The van der Waals surface area contributed by atoms with Gasteiger partial charge in [-0.15, -0.1) is 0 Å². The molecule has 8 nitrogen and oxygen atoms in total. The molecule has 0 saturated heterocycles. The van der Waals surface area contributed by atoms with Crippen LogP contribution in [-0.2, 0) is 11.2 Å². The molecule has 4 rings (SSSR count). The highest BCUT2D eigenvalue weighted by atomic mass is 28.3. The van der Waals surface area contributed by atoms with Crippen LogP contribution in [0.5, 0.6) is 5.75 Å². The normalized spacial score (nSPS) is 15.5. The number of nitrogens with zero attached hydrogens (tertiary/aromatic N) is 1. The van der Waals surface area contributed by atoms with Gasteiger partial charge in [0, 0.05) is 17.4 Å². The lowest BCUT2D eigenvalue weighted by molar-refractivity contribution is -0.121. The number of fused-ring (bicyclic) bond motifs is 1. The Balaban J connectivity index is 1.72. The van der Waals surface area contributed by atoms with Crippen molar-refractivity contribution in [1.29, 1.82) is 0 Å². The maximum Gasteiger partial charge on any atom is 0.293 e. The molecular weight excluding hydrogens is 476 g/mol. The lowest BCUT2D eigenvalue weighted by Crippen LogP contribution is -2.45. The molecule has 1 aliphatic heterocycles. The van der Waals surface area contributed by atoms with E-state index in [4.69, 9.17) is 9.26 Å². The van der Waals surface area contributed by atoms with Crippen LogP contribution in [0.15, 0.2) is 45.7 Å². The third kappa shape index (κ3) is 4.76. The van der Waals surface area contributed by atoms with Gasteiger partial charge in [0.25, 0.3) is 17.4 Å². The number of rotatable bonds is 5. The van der Waals surface area contributed by atoms with E-state index in [1.54, 1.807) is 18.2 Å². The van der Waals surface area contributed by atoms with Crippen molar-refractivity contribution in [3.63, 3.8) is 0 Å². The lowest BCUT2D eigenvalue weighted by Gasteiger charge is -2.36. The number of anilines is 1. The van der Waals surface area contributed by atoms with Crippen molar-refractivity contribution in [2.75, 3.05) is 19.0 Å². The van der Waals surface area contributed by atoms with Crippen LogP contribution in [-0.4, -0.2) is 43.6 Å². The van der Waals surface area contributed by atoms with E-state index >= 15 is 0 Å². The van der Waals surface area contributed by atoms with Crippen LogP contribution < -0.4 is 20.8 Å². The number of ether oxygens (including phenoxy) is 1. The van der Waals surface area contributed by atoms with E-state index in [0.29, 0.717) is 17.7 Å².